The Balaban J connectivity index is 0.901. The van der Waals surface area contributed by atoms with Crippen molar-refractivity contribution >= 4 is 91.4 Å². The van der Waals surface area contributed by atoms with Gasteiger partial charge in [-0.25, -0.2) is 4.98 Å². The molecule has 0 bridgehead atoms. The number of fused-ring (bicyclic) bond motifs is 12. The molecule has 0 aliphatic carbocycles. The molecule has 0 N–H and O–H groups in total. The first kappa shape index (κ1) is 33.3. The summed E-state index contributed by atoms with van der Waals surface area (Å²) in [7, 11) is 0. The van der Waals surface area contributed by atoms with E-state index in [0.29, 0.717) is 0 Å². The van der Waals surface area contributed by atoms with Crippen molar-refractivity contribution in [2.75, 3.05) is 0 Å². The van der Waals surface area contributed by atoms with E-state index < -0.39 is 0 Å². The standard InChI is InChI=1S/C56H33N3S/c1-2-10-40-32-53-48(31-39(40)9-1)49-33-52(59-51-17-6-5-16-50(51)58-56(59)55(49)60-53)37-24-22-36(23-25-37)43-29-28-42(44-12-3-4-13-45(43)44)35-20-18-34(19-21-35)41-14-7-15-47-46(41)27-26-38-11-8-30-57-54(38)47/h1-33H. The number of rotatable bonds is 4. The second-order valence-electron chi connectivity index (χ2n) is 15.7. The number of pyridine rings is 2. The summed E-state index contributed by atoms with van der Waals surface area (Å²) in [6.07, 6.45) is 1.88. The van der Waals surface area contributed by atoms with Gasteiger partial charge in [0.1, 0.15) is 0 Å². The molecule has 0 saturated heterocycles. The SMILES string of the molecule is c1ccc2cc3c(cc2c1)sc1c3cc(-c2ccc(-c3ccc(-c4ccc(-c5cccc6c5ccc5cccnc56)cc4)c4ccccc34)cc2)n2c3ccccc3nc12. The monoisotopic (exact) mass is 779 g/mol. The molecule has 4 heteroatoms. The molecule has 9 aromatic carbocycles. The Morgan fingerprint density at radius 3 is 1.75 bits per heavy atom. The van der Waals surface area contributed by atoms with Crippen molar-refractivity contribution in [3.8, 4) is 44.6 Å². The van der Waals surface area contributed by atoms with Crippen molar-refractivity contribution in [2.45, 2.75) is 0 Å². The molecule has 0 aliphatic rings. The topological polar surface area (TPSA) is 30.2 Å². The third-order valence-electron chi connectivity index (χ3n) is 12.4. The summed E-state index contributed by atoms with van der Waals surface area (Å²) in [5, 5.41) is 11.1. The van der Waals surface area contributed by atoms with Crippen LogP contribution >= 0.6 is 11.3 Å². The minimum Gasteiger partial charge on any atom is -0.291 e. The van der Waals surface area contributed by atoms with Crippen molar-refractivity contribution < 1.29 is 0 Å². The van der Waals surface area contributed by atoms with Gasteiger partial charge in [0, 0.05) is 32.4 Å². The average molecular weight is 780 g/mol. The lowest BCUT2D eigenvalue weighted by atomic mass is 9.90. The Morgan fingerprint density at radius 2 is 1.00 bits per heavy atom. The van der Waals surface area contributed by atoms with Crippen LogP contribution in [0.2, 0.25) is 0 Å². The molecular weight excluding hydrogens is 747 g/mol. The fraction of sp³-hybridized carbons (Fsp3) is 0. The van der Waals surface area contributed by atoms with Crippen LogP contribution in [0.15, 0.2) is 200 Å². The minimum atomic E-state index is 1.01. The molecule has 60 heavy (non-hydrogen) atoms. The molecule has 278 valence electrons. The lowest BCUT2D eigenvalue weighted by Gasteiger charge is -2.14. The molecule has 0 aliphatic heterocycles. The Hall–Kier alpha value is -7.66. The highest BCUT2D eigenvalue weighted by Crippen LogP contribution is 2.43. The number of thiophene rings is 1. The van der Waals surface area contributed by atoms with Crippen LogP contribution < -0.4 is 0 Å². The molecule has 0 radical (unpaired) electrons. The number of hydrogen-bond donors (Lipinski definition) is 0. The van der Waals surface area contributed by atoms with Crippen molar-refractivity contribution in [3.05, 3.63) is 200 Å². The Morgan fingerprint density at radius 1 is 0.400 bits per heavy atom. The van der Waals surface area contributed by atoms with Crippen molar-refractivity contribution in [1.29, 1.82) is 0 Å². The molecule has 0 atom stereocenters. The summed E-state index contributed by atoms with van der Waals surface area (Å²) in [5.41, 5.74) is 13.7. The van der Waals surface area contributed by atoms with Crippen LogP contribution in [-0.2, 0) is 0 Å². The maximum atomic E-state index is 5.24. The number of hydrogen-bond acceptors (Lipinski definition) is 3. The first-order valence-corrected chi connectivity index (χ1v) is 21.2. The minimum absolute atomic E-state index is 1.01. The number of benzene rings is 9. The van der Waals surface area contributed by atoms with Gasteiger partial charge in [-0.05, 0) is 102 Å². The van der Waals surface area contributed by atoms with Crippen molar-refractivity contribution in [2.24, 2.45) is 0 Å². The van der Waals surface area contributed by atoms with E-state index in [2.05, 4.69) is 192 Å². The third-order valence-corrected chi connectivity index (χ3v) is 13.6. The summed E-state index contributed by atoms with van der Waals surface area (Å²) in [4.78, 5) is 9.95. The Bertz CT molecular complexity index is 3880. The Kier molecular flexibility index (Phi) is 7.18. The van der Waals surface area contributed by atoms with Gasteiger partial charge >= 0.3 is 0 Å². The summed E-state index contributed by atoms with van der Waals surface area (Å²) in [5.74, 6) is 0. The molecule has 13 aromatic rings. The van der Waals surface area contributed by atoms with Gasteiger partial charge in [0.25, 0.3) is 0 Å². The number of aromatic nitrogens is 3. The molecule has 0 unspecified atom stereocenters. The molecule has 0 saturated carbocycles. The van der Waals surface area contributed by atoms with Crippen molar-refractivity contribution in [3.63, 3.8) is 0 Å². The van der Waals surface area contributed by atoms with Gasteiger partial charge in [-0.15, -0.1) is 11.3 Å². The fourth-order valence-corrected chi connectivity index (χ4v) is 10.7. The van der Waals surface area contributed by atoms with E-state index in [1.54, 1.807) is 0 Å². The maximum Gasteiger partial charge on any atom is 0.156 e. The van der Waals surface area contributed by atoms with Crippen LogP contribution in [0, 0.1) is 0 Å². The average Bonchev–Trinajstić information content (AvgIpc) is 3.88. The predicted molar refractivity (Wildman–Crippen MR) is 255 cm³/mol. The number of imidazole rings is 1. The number of nitrogens with zero attached hydrogens (tertiary/aromatic N) is 3. The summed E-state index contributed by atoms with van der Waals surface area (Å²) < 4.78 is 4.86. The largest absolute Gasteiger partial charge is 0.291 e. The van der Waals surface area contributed by atoms with Crippen LogP contribution in [0.25, 0.3) is 125 Å². The maximum absolute atomic E-state index is 5.24. The summed E-state index contributed by atoms with van der Waals surface area (Å²) >= 11 is 1.84. The van der Waals surface area contributed by atoms with Gasteiger partial charge in [0.2, 0.25) is 0 Å². The number of para-hydroxylation sites is 2. The molecule has 3 nitrogen and oxygen atoms in total. The van der Waals surface area contributed by atoms with E-state index >= 15 is 0 Å². The Labute approximate surface area is 349 Å². The molecular formula is C56H33N3S. The first-order valence-electron chi connectivity index (χ1n) is 20.4. The summed E-state index contributed by atoms with van der Waals surface area (Å²) in [6, 6.07) is 70.8. The predicted octanol–water partition coefficient (Wildman–Crippen LogP) is 15.5. The van der Waals surface area contributed by atoms with Gasteiger partial charge < -0.3 is 0 Å². The first-order chi connectivity index (χ1) is 29.7. The highest BCUT2D eigenvalue weighted by Gasteiger charge is 2.19. The normalized spacial score (nSPS) is 12.0. The lowest BCUT2D eigenvalue weighted by Crippen LogP contribution is -1.93. The molecule has 4 heterocycles. The van der Waals surface area contributed by atoms with E-state index in [-0.39, 0.29) is 0 Å². The van der Waals surface area contributed by atoms with Gasteiger partial charge in [0.05, 0.1) is 26.9 Å². The zero-order chi connectivity index (χ0) is 39.3. The van der Waals surface area contributed by atoms with Gasteiger partial charge in [-0.2, -0.15) is 0 Å². The van der Waals surface area contributed by atoms with Crippen molar-refractivity contribution in [1.82, 2.24) is 14.4 Å². The van der Waals surface area contributed by atoms with Crippen LogP contribution in [-0.4, -0.2) is 14.4 Å². The smallest absolute Gasteiger partial charge is 0.156 e. The molecule has 0 fully saturated rings. The van der Waals surface area contributed by atoms with Gasteiger partial charge in [0.15, 0.2) is 5.65 Å². The quantitative estimate of drug-likeness (QED) is 0.167. The van der Waals surface area contributed by atoms with E-state index in [1.807, 2.05) is 23.6 Å². The molecule has 13 rings (SSSR count). The van der Waals surface area contributed by atoms with Gasteiger partial charge in [-0.1, -0.05) is 158 Å². The zero-order valence-corrected chi connectivity index (χ0v) is 33.1. The van der Waals surface area contributed by atoms with E-state index in [9.17, 15) is 0 Å². The highest BCUT2D eigenvalue weighted by molar-refractivity contribution is 7.26. The zero-order valence-electron chi connectivity index (χ0n) is 32.3. The van der Waals surface area contributed by atoms with Crippen LogP contribution in [0.5, 0.6) is 0 Å². The van der Waals surface area contributed by atoms with Gasteiger partial charge in [-0.3, -0.25) is 9.38 Å². The molecule has 0 spiro atoms. The molecule has 0 amide bonds. The second kappa shape index (κ2) is 12.9. The van der Waals surface area contributed by atoms with E-state index in [4.69, 9.17) is 9.97 Å². The van der Waals surface area contributed by atoms with E-state index in [0.717, 1.165) is 38.8 Å². The summed E-state index contributed by atoms with van der Waals surface area (Å²) in [6.45, 7) is 0. The highest BCUT2D eigenvalue weighted by atomic mass is 32.1. The van der Waals surface area contributed by atoms with E-state index in [1.165, 1.54) is 85.9 Å². The van der Waals surface area contributed by atoms with Crippen LogP contribution in [0.1, 0.15) is 0 Å². The lowest BCUT2D eigenvalue weighted by molar-refractivity contribution is 1.25. The molecule has 4 aromatic heterocycles. The fourth-order valence-electron chi connectivity index (χ4n) is 9.55. The second-order valence-corrected chi connectivity index (χ2v) is 16.8. The third kappa shape index (κ3) is 5.01. The van der Waals surface area contributed by atoms with Crippen LogP contribution in [0.3, 0.4) is 0 Å². The van der Waals surface area contributed by atoms with Crippen LogP contribution in [0.4, 0.5) is 0 Å².